The number of likely N-dealkylation sites (tertiary alicyclic amines) is 1. The minimum atomic E-state index is 0.496. The summed E-state index contributed by atoms with van der Waals surface area (Å²) in [6.45, 7) is 5.36. The van der Waals surface area contributed by atoms with Gasteiger partial charge in [0.2, 0.25) is 0 Å². The first kappa shape index (κ1) is 12.5. The van der Waals surface area contributed by atoms with Gasteiger partial charge in [0.1, 0.15) is 12.4 Å². The number of hydrogen-bond donors (Lipinski definition) is 0. The fourth-order valence-corrected chi connectivity index (χ4v) is 3.49. The Hall–Kier alpha value is -1.53. The zero-order chi connectivity index (χ0) is 13.2. The number of nitriles is 1. The molecule has 0 saturated carbocycles. The fourth-order valence-electron chi connectivity index (χ4n) is 3.49. The van der Waals surface area contributed by atoms with Crippen molar-refractivity contribution in [2.75, 3.05) is 19.7 Å². The molecular weight excluding hydrogens is 236 g/mol. The number of hydrogen-bond acceptors (Lipinski definition) is 3. The Balaban J connectivity index is 1.93. The molecule has 2 heterocycles. The Morgan fingerprint density at radius 1 is 1.47 bits per heavy atom. The van der Waals surface area contributed by atoms with E-state index in [0.29, 0.717) is 12.0 Å². The van der Waals surface area contributed by atoms with Crippen LogP contribution >= 0.6 is 0 Å². The Morgan fingerprint density at radius 2 is 2.37 bits per heavy atom. The van der Waals surface area contributed by atoms with Gasteiger partial charge in [-0.25, -0.2) is 0 Å². The van der Waals surface area contributed by atoms with Gasteiger partial charge < -0.3 is 4.74 Å². The number of fused-ring (bicyclic) bond motifs is 3. The molecule has 0 aromatic heterocycles. The van der Waals surface area contributed by atoms with E-state index in [0.717, 1.165) is 24.5 Å². The van der Waals surface area contributed by atoms with Crippen LogP contribution in [0.2, 0.25) is 0 Å². The summed E-state index contributed by atoms with van der Waals surface area (Å²) in [5.41, 5.74) is 1.99. The standard InChI is InChI=1S/C16H20N2O/c1-2-7-18-8-3-4-13-14-9-12(10-17)5-6-16(14)19-11-15(13)18/h5-6,9,13,15H,2-4,7-8,11H2,1H3/t13-,15-/m0/s1. The molecular formula is C16H20N2O. The van der Waals surface area contributed by atoms with Gasteiger partial charge in [0.25, 0.3) is 0 Å². The monoisotopic (exact) mass is 256 g/mol. The van der Waals surface area contributed by atoms with E-state index in [1.807, 2.05) is 18.2 Å². The van der Waals surface area contributed by atoms with E-state index in [2.05, 4.69) is 17.9 Å². The zero-order valence-electron chi connectivity index (χ0n) is 11.4. The highest BCUT2D eigenvalue weighted by atomic mass is 16.5. The third-order valence-corrected chi connectivity index (χ3v) is 4.35. The highest BCUT2D eigenvalue weighted by molar-refractivity contribution is 5.46. The van der Waals surface area contributed by atoms with Crippen LogP contribution in [-0.4, -0.2) is 30.6 Å². The number of benzene rings is 1. The average Bonchev–Trinajstić information content (AvgIpc) is 2.47. The minimum absolute atomic E-state index is 0.496. The van der Waals surface area contributed by atoms with E-state index < -0.39 is 0 Å². The molecule has 1 saturated heterocycles. The van der Waals surface area contributed by atoms with E-state index >= 15 is 0 Å². The maximum atomic E-state index is 9.07. The Bertz CT molecular complexity index is 504. The lowest BCUT2D eigenvalue weighted by Crippen LogP contribution is -2.49. The maximum Gasteiger partial charge on any atom is 0.123 e. The summed E-state index contributed by atoms with van der Waals surface area (Å²) < 4.78 is 5.92. The number of rotatable bonds is 2. The van der Waals surface area contributed by atoms with Crippen LogP contribution in [0.15, 0.2) is 18.2 Å². The second-order valence-corrected chi connectivity index (χ2v) is 5.53. The minimum Gasteiger partial charge on any atom is -0.492 e. The molecule has 1 aromatic carbocycles. The van der Waals surface area contributed by atoms with Crippen molar-refractivity contribution in [2.24, 2.45) is 0 Å². The molecule has 0 amide bonds. The highest BCUT2D eigenvalue weighted by Gasteiger charge is 2.37. The van der Waals surface area contributed by atoms with Crippen molar-refractivity contribution < 1.29 is 4.74 Å². The van der Waals surface area contributed by atoms with Crippen LogP contribution in [0.1, 0.15) is 43.2 Å². The molecule has 0 unspecified atom stereocenters. The number of piperidine rings is 1. The van der Waals surface area contributed by atoms with Gasteiger partial charge in [-0.3, -0.25) is 4.90 Å². The molecule has 2 aliphatic rings. The topological polar surface area (TPSA) is 36.3 Å². The van der Waals surface area contributed by atoms with Crippen LogP contribution in [0.5, 0.6) is 5.75 Å². The van der Waals surface area contributed by atoms with Gasteiger partial charge in [0.15, 0.2) is 0 Å². The lowest BCUT2D eigenvalue weighted by atomic mass is 9.81. The quantitative estimate of drug-likeness (QED) is 0.816. The molecule has 3 rings (SSSR count). The predicted octanol–water partition coefficient (Wildman–Crippen LogP) is 2.91. The molecule has 3 nitrogen and oxygen atoms in total. The van der Waals surface area contributed by atoms with E-state index in [-0.39, 0.29) is 0 Å². The normalized spacial score (nSPS) is 25.9. The molecule has 0 radical (unpaired) electrons. The third kappa shape index (κ3) is 2.21. The van der Waals surface area contributed by atoms with Gasteiger partial charge in [0, 0.05) is 11.5 Å². The zero-order valence-corrected chi connectivity index (χ0v) is 11.4. The number of nitrogens with zero attached hydrogens (tertiary/aromatic N) is 2. The Kier molecular flexibility index (Phi) is 3.44. The molecule has 0 aliphatic carbocycles. The molecule has 1 aromatic rings. The molecule has 2 aliphatic heterocycles. The van der Waals surface area contributed by atoms with E-state index in [4.69, 9.17) is 10.00 Å². The molecule has 100 valence electrons. The van der Waals surface area contributed by atoms with Gasteiger partial charge in [-0.2, -0.15) is 5.26 Å². The van der Waals surface area contributed by atoms with Gasteiger partial charge in [-0.1, -0.05) is 6.92 Å². The third-order valence-electron chi connectivity index (χ3n) is 4.35. The maximum absolute atomic E-state index is 9.07. The van der Waals surface area contributed by atoms with E-state index in [9.17, 15) is 0 Å². The summed E-state index contributed by atoms with van der Waals surface area (Å²) in [4.78, 5) is 2.57. The summed E-state index contributed by atoms with van der Waals surface area (Å²) >= 11 is 0. The largest absolute Gasteiger partial charge is 0.492 e. The van der Waals surface area contributed by atoms with Crippen LogP contribution in [0.4, 0.5) is 0 Å². The first-order valence-corrected chi connectivity index (χ1v) is 7.24. The van der Waals surface area contributed by atoms with Crippen LogP contribution in [0.25, 0.3) is 0 Å². The second kappa shape index (κ2) is 5.22. The summed E-state index contributed by atoms with van der Waals surface area (Å²) in [6.07, 6.45) is 3.65. The average molecular weight is 256 g/mol. The lowest BCUT2D eigenvalue weighted by Gasteiger charge is -2.44. The fraction of sp³-hybridized carbons (Fsp3) is 0.562. The van der Waals surface area contributed by atoms with Crippen LogP contribution in [-0.2, 0) is 0 Å². The lowest BCUT2D eigenvalue weighted by molar-refractivity contribution is 0.0659. The number of ether oxygens (including phenoxy) is 1. The summed E-state index contributed by atoms with van der Waals surface area (Å²) in [5.74, 6) is 1.52. The first-order chi connectivity index (χ1) is 9.33. The smallest absolute Gasteiger partial charge is 0.123 e. The molecule has 0 spiro atoms. The summed E-state index contributed by atoms with van der Waals surface area (Å²) in [5, 5.41) is 9.07. The van der Waals surface area contributed by atoms with E-state index in [1.165, 1.54) is 31.4 Å². The summed E-state index contributed by atoms with van der Waals surface area (Å²) in [7, 11) is 0. The Morgan fingerprint density at radius 3 is 3.16 bits per heavy atom. The van der Waals surface area contributed by atoms with Gasteiger partial charge in [0.05, 0.1) is 17.7 Å². The SMILES string of the molecule is CCCN1CCC[C@H]2c3cc(C#N)ccc3OC[C@@H]21. The van der Waals surface area contributed by atoms with Crippen molar-refractivity contribution in [3.05, 3.63) is 29.3 Å². The van der Waals surface area contributed by atoms with Crippen molar-refractivity contribution in [2.45, 2.75) is 38.1 Å². The predicted molar refractivity (Wildman–Crippen MR) is 74.3 cm³/mol. The van der Waals surface area contributed by atoms with Crippen molar-refractivity contribution in [1.82, 2.24) is 4.90 Å². The molecule has 0 N–H and O–H groups in total. The van der Waals surface area contributed by atoms with Gasteiger partial charge in [-0.05, 0) is 50.6 Å². The second-order valence-electron chi connectivity index (χ2n) is 5.53. The van der Waals surface area contributed by atoms with Crippen molar-refractivity contribution in [3.63, 3.8) is 0 Å². The van der Waals surface area contributed by atoms with Crippen LogP contribution in [0.3, 0.4) is 0 Å². The molecule has 2 atom stereocenters. The van der Waals surface area contributed by atoms with Crippen LogP contribution in [0, 0.1) is 11.3 Å². The highest BCUT2D eigenvalue weighted by Crippen LogP contribution is 2.41. The van der Waals surface area contributed by atoms with Crippen LogP contribution < -0.4 is 4.74 Å². The molecule has 3 heteroatoms. The van der Waals surface area contributed by atoms with Gasteiger partial charge in [-0.15, -0.1) is 0 Å². The van der Waals surface area contributed by atoms with Crippen molar-refractivity contribution in [3.8, 4) is 11.8 Å². The van der Waals surface area contributed by atoms with Crippen molar-refractivity contribution >= 4 is 0 Å². The van der Waals surface area contributed by atoms with E-state index in [1.54, 1.807) is 0 Å². The molecule has 0 bridgehead atoms. The van der Waals surface area contributed by atoms with Crippen molar-refractivity contribution in [1.29, 1.82) is 5.26 Å². The molecule has 19 heavy (non-hydrogen) atoms. The summed E-state index contributed by atoms with van der Waals surface area (Å²) in [6, 6.07) is 8.58. The first-order valence-electron chi connectivity index (χ1n) is 7.24. The Labute approximate surface area is 114 Å². The van der Waals surface area contributed by atoms with Gasteiger partial charge >= 0.3 is 0 Å². The molecule has 1 fully saturated rings.